The monoisotopic (exact) mass is 378 g/mol. The Hall–Kier alpha value is -4.10. The third-order valence-corrected chi connectivity index (χ3v) is 4.87. The number of nitriles is 1. The zero-order valence-corrected chi connectivity index (χ0v) is 15.6. The third-order valence-electron chi connectivity index (χ3n) is 4.87. The summed E-state index contributed by atoms with van der Waals surface area (Å²) in [5, 5.41) is 9.82. The second-order valence-corrected chi connectivity index (χ2v) is 6.64. The lowest BCUT2D eigenvalue weighted by Gasteiger charge is -2.29. The standard InChI is InChI=1S/C25H18N2O2/c26-16-20-21(17-10-4-1-5-11-17)22(23(28)18-12-6-2-7-13-18)24(29-25(20)27)19-14-8-3-9-15-19/h1-15,21H,27H2/t21-/m0/s1. The number of rotatable bonds is 4. The van der Waals surface area contributed by atoms with Gasteiger partial charge in [0, 0.05) is 11.1 Å². The van der Waals surface area contributed by atoms with Gasteiger partial charge in [-0.1, -0.05) is 91.0 Å². The fraction of sp³-hybridized carbons (Fsp3) is 0.0400. The number of ether oxygens (including phenoxy) is 1. The van der Waals surface area contributed by atoms with Crippen LogP contribution in [0.2, 0.25) is 0 Å². The average Bonchev–Trinajstić information content (AvgIpc) is 2.79. The van der Waals surface area contributed by atoms with Gasteiger partial charge in [-0.05, 0) is 5.56 Å². The molecule has 3 aromatic carbocycles. The minimum atomic E-state index is -0.613. The maximum Gasteiger partial charge on any atom is 0.205 e. The summed E-state index contributed by atoms with van der Waals surface area (Å²) in [6.45, 7) is 0. The molecule has 0 radical (unpaired) electrons. The number of ketones is 1. The summed E-state index contributed by atoms with van der Waals surface area (Å²) in [4.78, 5) is 13.6. The Kier molecular flexibility index (Phi) is 4.96. The van der Waals surface area contributed by atoms with Crippen molar-refractivity contribution in [3.63, 3.8) is 0 Å². The van der Waals surface area contributed by atoms with Crippen molar-refractivity contribution in [2.75, 3.05) is 0 Å². The van der Waals surface area contributed by atoms with Crippen molar-refractivity contribution in [2.24, 2.45) is 5.73 Å². The molecule has 0 amide bonds. The Morgan fingerprint density at radius 1 is 0.862 bits per heavy atom. The van der Waals surface area contributed by atoms with Crippen molar-refractivity contribution in [3.05, 3.63) is 125 Å². The molecule has 0 aliphatic carbocycles. The highest BCUT2D eigenvalue weighted by Crippen LogP contribution is 2.43. The van der Waals surface area contributed by atoms with Crippen LogP contribution in [0.5, 0.6) is 0 Å². The molecule has 140 valence electrons. The summed E-state index contributed by atoms with van der Waals surface area (Å²) in [7, 11) is 0. The predicted molar refractivity (Wildman–Crippen MR) is 111 cm³/mol. The first-order valence-electron chi connectivity index (χ1n) is 9.22. The smallest absolute Gasteiger partial charge is 0.205 e. The molecule has 4 heteroatoms. The van der Waals surface area contributed by atoms with Crippen LogP contribution in [0.4, 0.5) is 0 Å². The second-order valence-electron chi connectivity index (χ2n) is 6.64. The van der Waals surface area contributed by atoms with E-state index >= 15 is 0 Å². The Bertz CT molecular complexity index is 1140. The van der Waals surface area contributed by atoms with E-state index in [9.17, 15) is 10.1 Å². The van der Waals surface area contributed by atoms with Crippen molar-refractivity contribution >= 4 is 11.5 Å². The van der Waals surface area contributed by atoms with E-state index in [1.165, 1.54) is 0 Å². The third kappa shape index (κ3) is 3.42. The van der Waals surface area contributed by atoms with Crippen molar-refractivity contribution in [3.8, 4) is 6.07 Å². The fourth-order valence-electron chi connectivity index (χ4n) is 3.52. The Morgan fingerprint density at radius 2 is 1.41 bits per heavy atom. The van der Waals surface area contributed by atoms with Crippen molar-refractivity contribution < 1.29 is 9.53 Å². The first kappa shape index (κ1) is 18.3. The molecule has 0 spiro atoms. The van der Waals surface area contributed by atoms with E-state index < -0.39 is 5.92 Å². The number of allylic oxidation sites excluding steroid dienone is 2. The van der Waals surface area contributed by atoms with E-state index in [1.54, 1.807) is 12.1 Å². The summed E-state index contributed by atoms with van der Waals surface area (Å²) in [5.74, 6) is -0.411. The van der Waals surface area contributed by atoms with Gasteiger partial charge in [0.1, 0.15) is 17.4 Å². The quantitative estimate of drug-likeness (QED) is 0.662. The number of hydrogen-bond acceptors (Lipinski definition) is 4. The van der Waals surface area contributed by atoms with E-state index in [-0.39, 0.29) is 17.2 Å². The second kappa shape index (κ2) is 7.87. The molecule has 0 saturated heterocycles. The summed E-state index contributed by atoms with van der Waals surface area (Å²) < 4.78 is 5.88. The molecular formula is C25H18N2O2. The number of carbonyl (C=O) groups is 1. The maximum absolute atomic E-state index is 13.6. The van der Waals surface area contributed by atoms with Gasteiger partial charge in [-0.25, -0.2) is 0 Å². The van der Waals surface area contributed by atoms with Crippen LogP contribution in [0.1, 0.15) is 27.4 Å². The molecule has 1 aliphatic heterocycles. The molecule has 2 N–H and O–H groups in total. The summed E-state index contributed by atoms with van der Waals surface area (Å²) in [6.07, 6.45) is 0. The van der Waals surface area contributed by atoms with Gasteiger partial charge in [0.25, 0.3) is 0 Å². The van der Waals surface area contributed by atoms with Gasteiger partial charge in [0.05, 0.1) is 11.5 Å². The van der Waals surface area contributed by atoms with E-state index in [4.69, 9.17) is 10.5 Å². The molecule has 0 fully saturated rings. The van der Waals surface area contributed by atoms with Crippen LogP contribution in [0.3, 0.4) is 0 Å². The van der Waals surface area contributed by atoms with Gasteiger partial charge in [0.2, 0.25) is 5.88 Å². The molecule has 3 aromatic rings. The fourth-order valence-corrected chi connectivity index (χ4v) is 3.52. The highest BCUT2D eigenvalue weighted by molar-refractivity contribution is 6.14. The van der Waals surface area contributed by atoms with Gasteiger partial charge < -0.3 is 10.5 Å². The molecule has 0 saturated carbocycles. The Balaban J connectivity index is 2.00. The number of Topliss-reactive ketones (excluding diaryl/α,β-unsaturated/α-hetero) is 1. The van der Waals surface area contributed by atoms with Crippen LogP contribution in [0, 0.1) is 11.3 Å². The first-order valence-corrected chi connectivity index (χ1v) is 9.22. The number of nitrogens with zero attached hydrogens (tertiary/aromatic N) is 1. The molecule has 29 heavy (non-hydrogen) atoms. The van der Waals surface area contributed by atoms with E-state index in [0.29, 0.717) is 16.9 Å². The molecule has 0 bridgehead atoms. The van der Waals surface area contributed by atoms with Crippen LogP contribution >= 0.6 is 0 Å². The summed E-state index contributed by atoms with van der Waals surface area (Å²) in [5.41, 5.74) is 8.83. The lowest BCUT2D eigenvalue weighted by Crippen LogP contribution is -2.24. The van der Waals surface area contributed by atoms with Crippen LogP contribution < -0.4 is 5.73 Å². The van der Waals surface area contributed by atoms with Crippen LogP contribution in [0.25, 0.3) is 5.76 Å². The molecule has 4 rings (SSSR count). The maximum atomic E-state index is 13.6. The van der Waals surface area contributed by atoms with Crippen LogP contribution in [0.15, 0.2) is 108 Å². The molecule has 1 aliphatic rings. The normalized spacial score (nSPS) is 16.2. The lowest BCUT2D eigenvalue weighted by molar-refractivity contribution is 0.102. The van der Waals surface area contributed by atoms with Gasteiger partial charge in [-0.15, -0.1) is 0 Å². The molecule has 4 nitrogen and oxygen atoms in total. The van der Waals surface area contributed by atoms with Gasteiger partial charge in [-0.3, -0.25) is 4.79 Å². The molecule has 0 unspecified atom stereocenters. The van der Waals surface area contributed by atoms with Crippen LogP contribution in [-0.4, -0.2) is 5.78 Å². The zero-order chi connectivity index (χ0) is 20.2. The van der Waals surface area contributed by atoms with Gasteiger partial charge in [-0.2, -0.15) is 5.26 Å². The highest BCUT2D eigenvalue weighted by atomic mass is 16.5. The zero-order valence-electron chi connectivity index (χ0n) is 15.6. The summed E-state index contributed by atoms with van der Waals surface area (Å²) in [6, 6.07) is 29.9. The SMILES string of the molecule is N#CC1=C(N)OC(c2ccccc2)=C(C(=O)c2ccccc2)[C@H]1c1ccccc1. The highest BCUT2D eigenvalue weighted by Gasteiger charge is 2.37. The van der Waals surface area contributed by atoms with Crippen molar-refractivity contribution in [2.45, 2.75) is 5.92 Å². The molecule has 0 aromatic heterocycles. The lowest BCUT2D eigenvalue weighted by atomic mass is 9.79. The number of carbonyl (C=O) groups excluding carboxylic acids is 1. The largest absolute Gasteiger partial charge is 0.439 e. The summed E-state index contributed by atoms with van der Waals surface area (Å²) >= 11 is 0. The molecular weight excluding hydrogens is 360 g/mol. The van der Waals surface area contributed by atoms with Crippen LogP contribution in [-0.2, 0) is 4.74 Å². The number of nitrogens with two attached hydrogens (primary N) is 1. The van der Waals surface area contributed by atoms with E-state index in [0.717, 1.165) is 11.1 Å². The minimum Gasteiger partial charge on any atom is -0.439 e. The Labute approximate surface area is 169 Å². The van der Waals surface area contributed by atoms with E-state index in [2.05, 4.69) is 6.07 Å². The van der Waals surface area contributed by atoms with Crippen molar-refractivity contribution in [1.82, 2.24) is 0 Å². The van der Waals surface area contributed by atoms with Crippen molar-refractivity contribution in [1.29, 1.82) is 5.26 Å². The van der Waals surface area contributed by atoms with Gasteiger partial charge in [0.15, 0.2) is 5.78 Å². The number of hydrogen-bond donors (Lipinski definition) is 1. The predicted octanol–water partition coefficient (Wildman–Crippen LogP) is 4.79. The number of benzene rings is 3. The average molecular weight is 378 g/mol. The minimum absolute atomic E-state index is 0.0183. The molecule has 1 atom stereocenters. The first-order chi connectivity index (χ1) is 14.2. The topological polar surface area (TPSA) is 76.1 Å². The van der Waals surface area contributed by atoms with E-state index in [1.807, 2.05) is 78.9 Å². The Morgan fingerprint density at radius 3 is 2.00 bits per heavy atom. The molecule has 1 heterocycles. The van der Waals surface area contributed by atoms with Gasteiger partial charge >= 0.3 is 0 Å².